The van der Waals surface area contributed by atoms with Crippen molar-refractivity contribution in [3.05, 3.63) is 42.7 Å². The summed E-state index contributed by atoms with van der Waals surface area (Å²) in [5, 5.41) is 1.06. The van der Waals surface area contributed by atoms with E-state index in [0.29, 0.717) is 11.5 Å². The second kappa shape index (κ2) is 4.90. The van der Waals surface area contributed by atoms with Gasteiger partial charge < -0.3 is 5.73 Å². The summed E-state index contributed by atoms with van der Waals surface area (Å²) >= 11 is 1.40. The quantitative estimate of drug-likeness (QED) is 0.785. The monoisotopic (exact) mass is 284 g/mol. The van der Waals surface area contributed by atoms with Crippen LogP contribution < -0.4 is 10.6 Å². The minimum atomic E-state index is -0.119. The molecule has 0 fully saturated rings. The van der Waals surface area contributed by atoms with Crippen molar-refractivity contribution >= 4 is 44.7 Å². The van der Waals surface area contributed by atoms with Crippen molar-refractivity contribution in [2.75, 3.05) is 10.6 Å². The number of pyridine rings is 1. The predicted octanol–water partition coefficient (Wildman–Crippen LogP) is 2.96. The van der Waals surface area contributed by atoms with E-state index >= 15 is 0 Å². The third-order valence-electron chi connectivity index (χ3n) is 2.91. The van der Waals surface area contributed by atoms with Crippen molar-refractivity contribution in [1.29, 1.82) is 0 Å². The van der Waals surface area contributed by atoms with Crippen molar-refractivity contribution in [3.8, 4) is 0 Å². The Morgan fingerprint density at radius 1 is 1.30 bits per heavy atom. The molecule has 0 aliphatic rings. The van der Waals surface area contributed by atoms with Gasteiger partial charge in [-0.15, -0.1) is 0 Å². The molecule has 1 amide bonds. The highest BCUT2D eigenvalue weighted by atomic mass is 32.1. The molecule has 0 atom stereocenters. The Morgan fingerprint density at radius 2 is 2.15 bits per heavy atom. The number of fused-ring (bicyclic) bond motifs is 1. The molecule has 0 saturated carbocycles. The van der Waals surface area contributed by atoms with Crippen LogP contribution in [0, 0.1) is 0 Å². The Labute approximate surface area is 119 Å². The zero-order chi connectivity index (χ0) is 14.1. The van der Waals surface area contributed by atoms with Crippen LogP contribution in [0.1, 0.15) is 6.92 Å². The average Bonchev–Trinajstić information content (AvgIpc) is 2.86. The minimum Gasteiger partial charge on any atom is -0.399 e. The van der Waals surface area contributed by atoms with E-state index in [9.17, 15) is 4.79 Å². The van der Waals surface area contributed by atoms with Gasteiger partial charge in [0, 0.05) is 36.5 Å². The van der Waals surface area contributed by atoms with Gasteiger partial charge in [-0.25, -0.2) is 4.98 Å². The normalized spacial score (nSPS) is 10.7. The first-order valence-corrected chi connectivity index (χ1v) is 6.79. The molecule has 0 radical (unpaired) electrons. The van der Waals surface area contributed by atoms with Crippen LogP contribution in [0.4, 0.5) is 17.2 Å². The molecule has 0 saturated heterocycles. The summed E-state index contributed by atoms with van der Waals surface area (Å²) < 4.78 is 5.16. The molecule has 2 heterocycles. The lowest BCUT2D eigenvalue weighted by Crippen LogP contribution is -2.23. The summed E-state index contributed by atoms with van der Waals surface area (Å²) in [6.07, 6.45) is 3.40. The van der Waals surface area contributed by atoms with E-state index < -0.39 is 0 Å². The molecule has 3 aromatic rings. The maximum atomic E-state index is 12.0. The average molecular weight is 284 g/mol. The Hall–Kier alpha value is -2.47. The molecule has 5 nitrogen and oxygen atoms in total. The predicted molar refractivity (Wildman–Crippen MR) is 81.1 cm³/mol. The highest BCUT2D eigenvalue weighted by Gasteiger charge is 2.16. The van der Waals surface area contributed by atoms with Crippen LogP contribution in [-0.4, -0.2) is 15.3 Å². The molecule has 1 aromatic carbocycles. The van der Waals surface area contributed by atoms with E-state index in [4.69, 9.17) is 5.73 Å². The first kappa shape index (κ1) is 12.6. The fourth-order valence-electron chi connectivity index (χ4n) is 2.02. The van der Waals surface area contributed by atoms with Crippen LogP contribution in [0.25, 0.3) is 10.1 Å². The van der Waals surface area contributed by atoms with Gasteiger partial charge >= 0.3 is 0 Å². The molecular weight excluding hydrogens is 272 g/mol. The van der Waals surface area contributed by atoms with Gasteiger partial charge in [-0.05, 0) is 35.8 Å². The lowest BCUT2D eigenvalue weighted by molar-refractivity contribution is -0.115. The molecule has 6 heteroatoms. The molecule has 0 aliphatic carbocycles. The first-order valence-electron chi connectivity index (χ1n) is 6.02. The van der Waals surface area contributed by atoms with Crippen molar-refractivity contribution in [2.24, 2.45) is 0 Å². The van der Waals surface area contributed by atoms with Gasteiger partial charge in [0.25, 0.3) is 0 Å². The van der Waals surface area contributed by atoms with Crippen molar-refractivity contribution in [3.63, 3.8) is 0 Å². The lowest BCUT2D eigenvalue weighted by atomic mass is 10.2. The Morgan fingerprint density at radius 3 is 2.90 bits per heavy atom. The summed E-state index contributed by atoms with van der Waals surface area (Å²) in [7, 11) is 0. The fourth-order valence-corrected chi connectivity index (χ4v) is 2.70. The van der Waals surface area contributed by atoms with Crippen molar-refractivity contribution in [2.45, 2.75) is 6.92 Å². The minimum absolute atomic E-state index is 0.119. The SMILES string of the molecule is CC(=O)N(c1ccc2cnsc2c1)c1cc(N)ccn1. The lowest BCUT2D eigenvalue weighted by Gasteiger charge is -2.20. The maximum Gasteiger partial charge on any atom is 0.229 e. The number of hydrogen-bond donors (Lipinski definition) is 1. The van der Waals surface area contributed by atoms with Crippen molar-refractivity contribution < 1.29 is 4.79 Å². The van der Waals surface area contributed by atoms with Crippen LogP contribution >= 0.6 is 11.5 Å². The third kappa shape index (κ3) is 2.21. The van der Waals surface area contributed by atoms with Gasteiger partial charge in [-0.3, -0.25) is 9.69 Å². The number of nitrogens with zero attached hydrogens (tertiary/aromatic N) is 3. The number of amides is 1. The number of nitrogen functional groups attached to an aromatic ring is 1. The van der Waals surface area contributed by atoms with Gasteiger partial charge in [-0.1, -0.05) is 0 Å². The summed E-state index contributed by atoms with van der Waals surface area (Å²) in [5.41, 5.74) is 7.09. The van der Waals surface area contributed by atoms with Crippen LogP contribution in [0.3, 0.4) is 0 Å². The molecule has 100 valence electrons. The van der Waals surface area contributed by atoms with Crippen LogP contribution in [0.5, 0.6) is 0 Å². The highest BCUT2D eigenvalue weighted by molar-refractivity contribution is 7.13. The van der Waals surface area contributed by atoms with E-state index in [1.165, 1.54) is 23.4 Å². The van der Waals surface area contributed by atoms with Gasteiger partial charge in [-0.2, -0.15) is 4.37 Å². The van der Waals surface area contributed by atoms with E-state index in [1.807, 2.05) is 18.2 Å². The number of rotatable bonds is 2. The number of nitrogens with two attached hydrogens (primary N) is 1. The Kier molecular flexibility index (Phi) is 3.08. The van der Waals surface area contributed by atoms with Gasteiger partial charge in [0.1, 0.15) is 5.82 Å². The van der Waals surface area contributed by atoms with E-state index in [0.717, 1.165) is 15.8 Å². The van der Waals surface area contributed by atoms with Crippen LogP contribution in [0.2, 0.25) is 0 Å². The standard InChI is InChI=1S/C14H12N4OS/c1-9(19)18(14-6-11(15)4-5-16-14)12-3-2-10-8-17-20-13(10)7-12/h2-8H,1H3,(H2,15,16). The molecule has 0 unspecified atom stereocenters. The second-order valence-corrected chi connectivity index (χ2v) is 5.18. The summed E-state index contributed by atoms with van der Waals surface area (Å²) in [4.78, 5) is 17.7. The van der Waals surface area contributed by atoms with Gasteiger partial charge in [0.15, 0.2) is 0 Å². The number of anilines is 3. The number of carbonyl (C=O) groups excluding carboxylic acids is 1. The molecule has 0 aliphatic heterocycles. The van der Waals surface area contributed by atoms with Gasteiger partial charge in [0.05, 0.1) is 10.4 Å². The molecular formula is C14H12N4OS. The molecule has 0 bridgehead atoms. The second-order valence-electron chi connectivity index (χ2n) is 4.35. The Balaban J connectivity index is 2.12. The highest BCUT2D eigenvalue weighted by Crippen LogP contribution is 2.29. The largest absolute Gasteiger partial charge is 0.399 e. The Bertz CT molecular complexity index is 783. The summed E-state index contributed by atoms with van der Waals surface area (Å²) in [6, 6.07) is 9.12. The van der Waals surface area contributed by atoms with Crippen LogP contribution in [-0.2, 0) is 4.79 Å². The first-order chi connectivity index (χ1) is 9.65. The summed E-state index contributed by atoms with van der Waals surface area (Å²) in [5.74, 6) is 0.397. The number of benzene rings is 1. The molecule has 3 rings (SSSR count). The smallest absolute Gasteiger partial charge is 0.229 e. The van der Waals surface area contributed by atoms with Gasteiger partial charge in [0.2, 0.25) is 5.91 Å². The zero-order valence-electron chi connectivity index (χ0n) is 10.8. The van der Waals surface area contributed by atoms with E-state index in [-0.39, 0.29) is 5.91 Å². The summed E-state index contributed by atoms with van der Waals surface area (Å²) in [6.45, 7) is 1.50. The topological polar surface area (TPSA) is 72.1 Å². The number of aromatic nitrogens is 2. The van der Waals surface area contributed by atoms with E-state index in [2.05, 4.69) is 9.36 Å². The van der Waals surface area contributed by atoms with Crippen molar-refractivity contribution in [1.82, 2.24) is 9.36 Å². The number of hydrogen-bond acceptors (Lipinski definition) is 5. The van der Waals surface area contributed by atoms with Crippen LogP contribution in [0.15, 0.2) is 42.7 Å². The van der Waals surface area contributed by atoms with E-state index in [1.54, 1.807) is 24.5 Å². The fraction of sp³-hybridized carbons (Fsp3) is 0.0714. The molecule has 0 spiro atoms. The molecule has 20 heavy (non-hydrogen) atoms. The molecule has 2 aromatic heterocycles. The number of carbonyl (C=O) groups is 1. The third-order valence-corrected chi connectivity index (χ3v) is 3.67. The zero-order valence-corrected chi connectivity index (χ0v) is 11.6. The molecule has 2 N–H and O–H groups in total. The maximum absolute atomic E-state index is 12.0.